The van der Waals surface area contributed by atoms with Crippen molar-refractivity contribution in [3.8, 4) is 0 Å². The lowest BCUT2D eigenvalue weighted by Crippen LogP contribution is -2.50. The van der Waals surface area contributed by atoms with Crippen LogP contribution in [0, 0.1) is 5.92 Å². The van der Waals surface area contributed by atoms with E-state index in [0.29, 0.717) is 5.92 Å². The summed E-state index contributed by atoms with van der Waals surface area (Å²) in [5, 5.41) is 1.17. The van der Waals surface area contributed by atoms with Gasteiger partial charge < -0.3 is 19.1 Å². The van der Waals surface area contributed by atoms with E-state index in [9.17, 15) is 0 Å². The largest absolute Gasteiger partial charge is 0.469 e. The van der Waals surface area contributed by atoms with Crippen molar-refractivity contribution in [3.05, 3.63) is 109 Å². The summed E-state index contributed by atoms with van der Waals surface area (Å²) < 4.78 is 6.84. The molecule has 1 fully saturated rings. The molecule has 42 heavy (non-hydrogen) atoms. The van der Waals surface area contributed by atoms with Gasteiger partial charge in [-0.15, -0.1) is 0 Å². The molecule has 0 saturated carbocycles. The summed E-state index contributed by atoms with van der Waals surface area (Å²) >= 11 is 0. The summed E-state index contributed by atoms with van der Waals surface area (Å²) in [6, 6.07) is 35.3. The molecule has 0 radical (unpaired) electrons. The second-order valence-corrected chi connectivity index (χ2v) is 12.0. The Hall–Kier alpha value is -4.38. The van der Waals surface area contributed by atoms with Crippen LogP contribution in [0.25, 0.3) is 11.0 Å². The molecular weight excluding hydrogens is 513 g/mol. The van der Waals surface area contributed by atoms with Gasteiger partial charge in [0.15, 0.2) is 0 Å². The Labute approximate surface area is 248 Å². The van der Waals surface area contributed by atoms with Crippen molar-refractivity contribution in [2.24, 2.45) is 5.92 Å². The third kappa shape index (κ3) is 3.90. The fraction of sp³-hybridized carbons (Fsp3) is 0.243. The number of furan rings is 1. The molecule has 0 aliphatic carbocycles. The van der Waals surface area contributed by atoms with Gasteiger partial charge >= 0.3 is 0 Å². The van der Waals surface area contributed by atoms with Gasteiger partial charge in [0.05, 0.1) is 11.3 Å². The van der Waals surface area contributed by atoms with Gasteiger partial charge in [-0.3, -0.25) is 0 Å². The molecule has 1 saturated heterocycles. The smallest absolute Gasteiger partial charge is 0.267 e. The Balaban J connectivity index is 1.48. The molecule has 5 heteroatoms. The molecule has 3 aliphatic rings. The van der Waals surface area contributed by atoms with Gasteiger partial charge in [-0.05, 0) is 85.5 Å². The Kier molecular flexibility index (Phi) is 6.13. The molecule has 4 aromatic carbocycles. The van der Waals surface area contributed by atoms with Crippen LogP contribution in [0.3, 0.4) is 0 Å². The highest BCUT2D eigenvalue weighted by atomic mass is 16.3. The number of nitrogens with zero attached hydrogens (tertiary/aromatic N) is 3. The zero-order chi connectivity index (χ0) is 28.2. The molecule has 3 aliphatic heterocycles. The summed E-state index contributed by atoms with van der Waals surface area (Å²) in [5.41, 5.74) is 12.2. The second kappa shape index (κ2) is 10.2. The first-order chi connectivity index (χ1) is 20.7. The molecule has 208 valence electrons. The Morgan fingerprint density at radius 3 is 2.07 bits per heavy atom. The fourth-order valence-corrected chi connectivity index (χ4v) is 7.30. The summed E-state index contributed by atoms with van der Waals surface area (Å²) in [5.74, 6) is 0.414. The number of fused-ring (bicyclic) bond motifs is 4. The molecule has 0 spiro atoms. The van der Waals surface area contributed by atoms with Gasteiger partial charge in [0.1, 0.15) is 5.58 Å². The minimum Gasteiger partial charge on any atom is -0.469 e. The van der Waals surface area contributed by atoms with Gasteiger partial charge in [0.25, 0.3) is 6.71 Å². The quantitative estimate of drug-likeness (QED) is 0.205. The van der Waals surface area contributed by atoms with Gasteiger partial charge in [0.2, 0.25) is 0 Å². The van der Waals surface area contributed by atoms with E-state index in [4.69, 9.17) is 4.42 Å². The highest BCUT2D eigenvalue weighted by Gasteiger charge is 2.43. The molecule has 0 bridgehead atoms. The molecule has 1 atom stereocenters. The number of hydrogen-bond donors (Lipinski definition) is 0. The van der Waals surface area contributed by atoms with E-state index in [1.807, 2.05) is 0 Å². The molecular formula is C37H36BN3O. The molecule has 4 heterocycles. The maximum absolute atomic E-state index is 6.84. The Bertz CT molecular complexity index is 1790. The van der Waals surface area contributed by atoms with E-state index in [1.165, 1.54) is 57.8 Å². The highest BCUT2D eigenvalue weighted by Crippen LogP contribution is 2.47. The van der Waals surface area contributed by atoms with E-state index in [1.54, 1.807) is 0 Å². The van der Waals surface area contributed by atoms with Gasteiger partial charge in [-0.2, -0.15) is 0 Å². The van der Waals surface area contributed by atoms with Gasteiger partial charge in [0, 0.05) is 52.6 Å². The lowest BCUT2D eigenvalue weighted by atomic mass is 9.39. The van der Waals surface area contributed by atoms with Gasteiger partial charge in [-0.1, -0.05) is 68.5 Å². The second-order valence-electron chi connectivity index (χ2n) is 12.0. The minimum absolute atomic E-state index is 0.123. The van der Waals surface area contributed by atoms with Crippen molar-refractivity contribution in [2.45, 2.75) is 39.4 Å². The van der Waals surface area contributed by atoms with Crippen molar-refractivity contribution < 1.29 is 4.42 Å². The van der Waals surface area contributed by atoms with E-state index in [-0.39, 0.29) is 6.71 Å². The lowest BCUT2D eigenvalue weighted by Gasteiger charge is -2.38. The van der Waals surface area contributed by atoms with Crippen molar-refractivity contribution in [3.63, 3.8) is 0 Å². The van der Waals surface area contributed by atoms with Crippen LogP contribution >= 0.6 is 0 Å². The average molecular weight is 550 g/mol. The van der Waals surface area contributed by atoms with E-state index in [0.717, 1.165) is 42.8 Å². The normalized spacial score (nSPS) is 16.8. The SMILES string of the molecule is CC[C@H](C)C1=CCB2c3oc4ccccc4c3N(c3ccccc3)c3cc(N4CCCC4)cc(c32)N1c1ccccc1. The maximum atomic E-state index is 6.84. The van der Waals surface area contributed by atoms with Gasteiger partial charge in [-0.25, -0.2) is 0 Å². The number of benzene rings is 4. The van der Waals surface area contributed by atoms with Crippen molar-refractivity contribution in [1.82, 2.24) is 0 Å². The fourth-order valence-electron chi connectivity index (χ4n) is 7.30. The number of para-hydroxylation sites is 3. The molecule has 0 unspecified atom stereocenters. The minimum atomic E-state index is 0.123. The molecule has 0 amide bonds. The molecule has 5 aromatic rings. The third-order valence-corrected chi connectivity index (χ3v) is 9.53. The summed E-state index contributed by atoms with van der Waals surface area (Å²) in [7, 11) is 0. The van der Waals surface area contributed by atoms with Crippen LogP contribution in [0.4, 0.5) is 34.1 Å². The lowest BCUT2D eigenvalue weighted by molar-refractivity contribution is 0.641. The van der Waals surface area contributed by atoms with Crippen LogP contribution in [0.1, 0.15) is 33.1 Å². The number of hydrogen-bond acceptors (Lipinski definition) is 4. The number of allylic oxidation sites excluding steroid dienone is 2. The Morgan fingerprint density at radius 2 is 1.38 bits per heavy atom. The van der Waals surface area contributed by atoms with Crippen LogP contribution in [0.5, 0.6) is 0 Å². The monoisotopic (exact) mass is 549 g/mol. The topological polar surface area (TPSA) is 22.9 Å². The van der Waals surface area contributed by atoms with Crippen LogP contribution in [-0.4, -0.2) is 19.8 Å². The first-order valence-corrected chi connectivity index (χ1v) is 15.6. The third-order valence-electron chi connectivity index (χ3n) is 9.53. The number of rotatable bonds is 5. The first kappa shape index (κ1) is 25.3. The van der Waals surface area contributed by atoms with Crippen LogP contribution in [-0.2, 0) is 0 Å². The summed E-state index contributed by atoms with van der Waals surface area (Å²) in [4.78, 5) is 7.62. The first-order valence-electron chi connectivity index (χ1n) is 15.6. The zero-order valence-corrected chi connectivity index (χ0v) is 24.5. The van der Waals surface area contributed by atoms with E-state index >= 15 is 0 Å². The highest BCUT2D eigenvalue weighted by molar-refractivity contribution is 6.89. The molecule has 4 nitrogen and oxygen atoms in total. The van der Waals surface area contributed by atoms with Crippen molar-refractivity contribution in [2.75, 3.05) is 27.8 Å². The predicted octanol–water partition coefficient (Wildman–Crippen LogP) is 8.51. The van der Waals surface area contributed by atoms with Crippen molar-refractivity contribution in [1.29, 1.82) is 0 Å². The van der Waals surface area contributed by atoms with Crippen LogP contribution in [0.2, 0.25) is 6.32 Å². The van der Waals surface area contributed by atoms with E-state index in [2.05, 4.69) is 132 Å². The molecule has 0 N–H and O–H groups in total. The summed E-state index contributed by atoms with van der Waals surface area (Å²) in [6.45, 7) is 7.00. The summed E-state index contributed by atoms with van der Waals surface area (Å²) in [6.07, 6.45) is 6.98. The Morgan fingerprint density at radius 1 is 0.762 bits per heavy atom. The maximum Gasteiger partial charge on any atom is 0.267 e. The molecule has 8 rings (SSSR count). The number of anilines is 6. The predicted molar refractivity (Wildman–Crippen MR) is 178 cm³/mol. The zero-order valence-electron chi connectivity index (χ0n) is 24.5. The standard InChI is InChI=1S/C37H36BN3O/c1-3-26(2)31-20-21-38-35-32(40(31)27-14-6-4-7-15-27)24-29(39-22-12-13-23-39)25-33(35)41(28-16-8-5-9-17-28)36-30-18-10-11-19-34(30)42-37(36)38/h4-11,14-20,24-26H,3,12-13,21-23H2,1-2H3/t26-/m0/s1. The van der Waals surface area contributed by atoms with Crippen LogP contribution in [0.15, 0.2) is 113 Å². The van der Waals surface area contributed by atoms with Crippen LogP contribution < -0.4 is 25.8 Å². The molecule has 1 aromatic heterocycles. The average Bonchev–Trinajstić information content (AvgIpc) is 3.68. The van der Waals surface area contributed by atoms with Crippen molar-refractivity contribution >= 4 is 62.9 Å². The van der Waals surface area contributed by atoms with E-state index < -0.39 is 0 Å².